The van der Waals surface area contributed by atoms with Gasteiger partial charge in [0.15, 0.2) is 0 Å². The van der Waals surface area contributed by atoms with Gasteiger partial charge in [-0.1, -0.05) is 6.92 Å². The standard InChI is InChI=1S/C11H16O2.H2/c1-2-11-7-6-9(12)8(11)4-3-5-10(11)13;/h8H,2-7H2,1H3;1H/t8-,11+;/m0./s1. The van der Waals surface area contributed by atoms with Crippen molar-refractivity contribution in [3.63, 3.8) is 0 Å². The van der Waals surface area contributed by atoms with Gasteiger partial charge in [0.25, 0.3) is 0 Å². The van der Waals surface area contributed by atoms with E-state index in [9.17, 15) is 9.59 Å². The zero-order valence-electron chi connectivity index (χ0n) is 8.14. The molecule has 0 aromatic heterocycles. The van der Waals surface area contributed by atoms with E-state index in [4.69, 9.17) is 0 Å². The molecule has 2 fully saturated rings. The van der Waals surface area contributed by atoms with Gasteiger partial charge < -0.3 is 0 Å². The van der Waals surface area contributed by atoms with E-state index >= 15 is 0 Å². The van der Waals surface area contributed by atoms with E-state index < -0.39 is 0 Å². The second-order valence-electron chi connectivity index (χ2n) is 4.34. The molecule has 0 aliphatic heterocycles. The first kappa shape index (κ1) is 8.92. The third-order valence-electron chi connectivity index (χ3n) is 3.96. The van der Waals surface area contributed by atoms with Crippen LogP contribution >= 0.6 is 0 Å². The molecule has 74 valence electrons. The van der Waals surface area contributed by atoms with Crippen LogP contribution in [0.25, 0.3) is 0 Å². The van der Waals surface area contributed by atoms with Crippen LogP contribution in [0.15, 0.2) is 0 Å². The first-order valence-corrected chi connectivity index (χ1v) is 5.27. The Hall–Kier alpha value is -0.660. The maximum atomic E-state index is 11.8. The fourth-order valence-electron chi connectivity index (χ4n) is 3.11. The lowest BCUT2D eigenvalue weighted by atomic mass is 9.65. The lowest BCUT2D eigenvalue weighted by Gasteiger charge is -2.35. The number of hydrogen-bond acceptors (Lipinski definition) is 2. The van der Waals surface area contributed by atoms with Gasteiger partial charge in [0, 0.05) is 25.6 Å². The molecule has 0 bridgehead atoms. The Morgan fingerprint density at radius 3 is 2.85 bits per heavy atom. The van der Waals surface area contributed by atoms with Crippen molar-refractivity contribution in [3.8, 4) is 0 Å². The second-order valence-corrected chi connectivity index (χ2v) is 4.34. The summed E-state index contributed by atoms with van der Waals surface area (Å²) < 4.78 is 0. The minimum atomic E-state index is -0.227. The highest BCUT2D eigenvalue weighted by Crippen LogP contribution is 2.50. The molecule has 2 aliphatic carbocycles. The third kappa shape index (κ3) is 1.07. The van der Waals surface area contributed by atoms with Crippen molar-refractivity contribution in [3.05, 3.63) is 0 Å². The lowest BCUT2D eigenvalue weighted by molar-refractivity contribution is -0.138. The molecular weight excluding hydrogens is 164 g/mol. The van der Waals surface area contributed by atoms with Crippen molar-refractivity contribution in [1.29, 1.82) is 0 Å². The van der Waals surface area contributed by atoms with Gasteiger partial charge in [-0.05, 0) is 25.7 Å². The Balaban J connectivity index is 0.000000980. The van der Waals surface area contributed by atoms with Crippen LogP contribution in [0.4, 0.5) is 0 Å². The van der Waals surface area contributed by atoms with E-state index in [1.165, 1.54) is 0 Å². The molecule has 0 amide bonds. The SMILES string of the molecule is CC[C@@]12CCC(=O)[C@@H]1CCCC2=O.[HH]. The molecule has 0 radical (unpaired) electrons. The molecular formula is C11H18O2. The average molecular weight is 182 g/mol. The molecule has 0 heterocycles. The van der Waals surface area contributed by atoms with Gasteiger partial charge in [-0.25, -0.2) is 0 Å². The number of fused-ring (bicyclic) bond motifs is 1. The zero-order chi connectivity index (χ0) is 9.47. The van der Waals surface area contributed by atoms with Crippen LogP contribution in [0.1, 0.15) is 46.9 Å². The van der Waals surface area contributed by atoms with E-state index in [1.807, 2.05) is 0 Å². The minimum absolute atomic E-state index is 0. The Labute approximate surface area is 80.2 Å². The molecule has 0 unspecified atom stereocenters. The van der Waals surface area contributed by atoms with Crippen molar-refractivity contribution in [1.82, 2.24) is 0 Å². The number of rotatable bonds is 1. The minimum Gasteiger partial charge on any atom is -0.299 e. The summed E-state index contributed by atoms with van der Waals surface area (Å²) in [6.07, 6.45) is 4.92. The van der Waals surface area contributed by atoms with Crippen molar-refractivity contribution in [2.45, 2.75) is 45.4 Å². The summed E-state index contributed by atoms with van der Waals surface area (Å²) in [5.74, 6) is 0.783. The van der Waals surface area contributed by atoms with Crippen LogP contribution in [0.5, 0.6) is 0 Å². The largest absolute Gasteiger partial charge is 0.299 e. The Morgan fingerprint density at radius 1 is 1.46 bits per heavy atom. The van der Waals surface area contributed by atoms with E-state index in [2.05, 4.69) is 6.92 Å². The van der Waals surface area contributed by atoms with Gasteiger partial charge in [-0.15, -0.1) is 0 Å². The summed E-state index contributed by atoms with van der Waals surface area (Å²) in [5, 5.41) is 0. The summed E-state index contributed by atoms with van der Waals surface area (Å²) in [5.41, 5.74) is -0.227. The Bertz CT molecular complexity index is 262. The van der Waals surface area contributed by atoms with Crippen LogP contribution in [0, 0.1) is 11.3 Å². The maximum Gasteiger partial charge on any atom is 0.139 e. The van der Waals surface area contributed by atoms with E-state index in [0.29, 0.717) is 24.4 Å². The first-order valence-electron chi connectivity index (χ1n) is 5.27. The third-order valence-corrected chi connectivity index (χ3v) is 3.96. The van der Waals surface area contributed by atoms with Gasteiger partial charge in [0.05, 0.1) is 0 Å². The summed E-state index contributed by atoms with van der Waals surface area (Å²) in [7, 11) is 0. The van der Waals surface area contributed by atoms with Crippen molar-refractivity contribution >= 4 is 11.6 Å². The smallest absolute Gasteiger partial charge is 0.139 e. The van der Waals surface area contributed by atoms with E-state index in [1.54, 1.807) is 0 Å². The van der Waals surface area contributed by atoms with Gasteiger partial charge in [-0.3, -0.25) is 9.59 Å². The summed E-state index contributed by atoms with van der Waals surface area (Å²) in [6, 6.07) is 0. The van der Waals surface area contributed by atoms with Crippen LogP contribution in [0.3, 0.4) is 0 Å². The first-order chi connectivity index (χ1) is 6.20. The number of Topliss-reactive ketones (excluding diaryl/α,β-unsaturated/α-hetero) is 2. The summed E-state index contributed by atoms with van der Waals surface area (Å²) >= 11 is 0. The molecule has 13 heavy (non-hydrogen) atoms. The molecule has 2 nitrogen and oxygen atoms in total. The molecule has 2 rings (SSSR count). The van der Waals surface area contributed by atoms with Gasteiger partial charge in [-0.2, -0.15) is 0 Å². The van der Waals surface area contributed by atoms with Crippen molar-refractivity contribution < 1.29 is 11.0 Å². The van der Waals surface area contributed by atoms with Crippen LogP contribution in [-0.4, -0.2) is 11.6 Å². The van der Waals surface area contributed by atoms with Crippen LogP contribution in [0.2, 0.25) is 0 Å². The summed E-state index contributed by atoms with van der Waals surface area (Å²) in [4.78, 5) is 23.4. The Kier molecular flexibility index (Phi) is 2.01. The van der Waals surface area contributed by atoms with Gasteiger partial charge >= 0.3 is 0 Å². The van der Waals surface area contributed by atoms with Crippen molar-refractivity contribution in [2.75, 3.05) is 0 Å². The highest BCUT2D eigenvalue weighted by atomic mass is 16.1. The molecule has 0 spiro atoms. The summed E-state index contributed by atoms with van der Waals surface area (Å²) in [6.45, 7) is 2.05. The molecule has 0 saturated heterocycles. The number of hydrogen-bond donors (Lipinski definition) is 0. The fourth-order valence-corrected chi connectivity index (χ4v) is 3.11. The maximum absolute atomic E-state index is 11.8. The zero-order valence-corrected chi connectivity index (χ0v) is 8.14. The highest BCUT2D eigenvalue weighted by molar-refractivity contribution is 5.96. The normalized spacial score (nSPS) is 39.3. The fraction of sp³-hybridized carbons (Fsp3) is 0.818. The van der Waals surface area contributed by atoms with Crippen molar-refractivity contribution in [2.24, 2.45) is 11.3 Å². The molecule has 0 aromatic carbocycles. The average Bonchev–Trinajstić information content (AvgIpc) is 2.47. The molecule has 2 saturated carbocycles. The van der Waals surface area contributed by atoms with E-state index in [0.717, 1.165) is 25.7 Å². The van der Waals surface area contributed by atoms with E-state index in [-0.39, 0.29) is 12.8 Å². The quantitative estimate of drug-likeness (QED) is 0.624. The monoisotopic (exact) mass is 182 g/mol. The van der Waals surface area contributed by atoms with Crippen LogP contribution < -0.4 is 0 Å². The molecule has 2 aliphatic rings. The number of carbonyl (C=O) groups excluding carboxylic acids is 2. The molecule has 0 aromatic rings. The Morgan fingerprint density at radius 2 is 2.23 bits per heavy atom. The predicted molar refractivity (Wildman–Crippen MR) is 51.4 cm³/mol. The number of carbonyl (C=O) groups is 2. The highest BCUT2D eigenvalue weighted by Gasteiger charge is 2.52. The predicted octanol–water partition coefficient (Wildman–Crippen LogP) is 2.36. The lowest BCUT2D eigenvalue weighted by Crippen LogP contribution is -2.39. The second kappa shape index (κ2) is 2.93. The molecule has 0 N–H and O–H groups in total. The van der Waals surface area contributed by atoms with Crippen LogP contribution in [-0.2, 0) is 9.59 Å². The topological polar surface area (TPSA) is 34.1 Å². The van der Waals surface area contributed by atoms with Gasteiger partial charge in [0.2, 0.25) is 0 Å². The molecule has 2 atom stereocenters. The van der Waals surface area contributed by atoms with Gasteiger partial charge in [0.1, 0.15) is 11.6 Å². The number of ketones is 2. The molecule has 2 heteroatoms.